The summed E-state index contributed by atoms with van der Waals surface area (Å²) in [6.07, 6.45) is -0.902. The Labute approximate surface area is 167 Å². The van der Waals surface area contributed by atoms with Crippen molar-refractivity contribution in [2.75, 3.05) is 0 Å². The van der Waals surface area contributed by atoms with Crippen molar-refractivity contribution in [3.63, 3.8) is 0 Å². The fraction of sp³-hybridized carbons (Fsp3) is 0.130. The number of carbonyl (C=O) groups excluding carboxylic acids is 1. The molecule has 2 atom stereocenters. The molecule has 0 saturated carbocycles. The van der Waals surface area contributed by atoms with Gasteiger partial charge in [-0.1, -0.05) is 54.6 Å². The van der Waals surface area contributed by atoms with E-state index in [0.29, 0.717) is 17.8 Å². The molecule has 0 aliphatic carbocycles. The Kier molecular flexibility index (Phi) is 5.35. The molecule has 29 heavy (non-hydrogen) atoms. The van der Waals surface area contributed by atoms with Crippen LogP contribution in [0.5, 0.6) is 0 Å². The lowest BCUT2D eigenvalue weighted by Crippen LogP contribution is -2.34. The lowest BCUT2D eigenvalue weighted by molar-refractivity contribution is -0.130. The zero-order valence-corrected chi connectivity index (χ0v) is 15.5. The molecule has 3 aromatic carbocycles. The highest BCUT2D eigenvalue weighted by Crippen LogP contribution is 2.22. The summed E-state index contributed by atoms with van der Waals surface area (Å²) in [7, 11) is 0. The Morgan fingerprint density at radius 1 is 1.00 bits per heavy atom. The second kappa shape index (κ2) is 8.24. The summed E-state index contributed by atoms with van der Waals surface area (Å²) in [5.41, 5.74) is 3.02. The van der Waals surface area contributed by atoms with Crippen molar-refractivity contribution in [3.05, 3.63) is 102 Å². The van der Waals surface area contributed by atoms with Crippen molar-refractivity contribution < 1.29 is 14.3 Å². The lowest BCUT2D eigenvalue weighted by atomic mass is 10.0. The van der Waals surface area contributed by atoms with Gasteiger partial charge in [-0.05, 0) is 41.8 Å². The van der Waals surface area contributed by atoms with E-state index in [9.17, 15) is 14.3 Å². The standard InChI is InChI=1S/C23H20FN3O2/c24-17-12-10-16(11-13-17)21(28)23(29)27-20(14-15-6-2-1-3-7-15)22-25-18-8-4-5-9-19(18)26-22/h1-13,20-21,28H,14H2,(H,25,26)(H,27,29)/t20-,21-/m0/s1. The van der Waals surface area contributed by atoms with Gasteiger partial charge in [-0.25, -0.2) is 9.37 Å². The number of hydrogen-bond acceptors (Lipinski definition) is 3. The average molecular weight is 389 g/mol. The minimum Gasteiger partial charge on any atom is -0.378 e. The highest BCUT2D eigenvalue weighted by Gasteiger charge is 2.24. The summed E-state index contributed by atoms with van der Waals surface area (Å²) < 4.78 is 13.1. The quantitative estimate of drug-likeness (QED) is 0.469. The Balaban J connectivity index is 1.60. The number of aromatic nitrogens is 2. The lowest BCUT2D eigenvalue weighted by Gasteiger charge is -2.19. The van der Waals surface area contributed by atoms with Crippen molar-refractivity contribution in [1.82, 2.24) is 15.3 Å². The van der Waals surface area contributed by atoms with Crippen LogP contribution in [0.15, 0.2) is 78.9 Å². The first kappa shape index (κ1) is 18.8. The van der Waals surface area contributed by atoms with Crippen LogP contribution in [-0.4, -0.2) is 21.0 Å². The van der Waals surface area contributed by atoms with Crippen LogP contribution in [0.25, 0.3) is 11.0 Å². The van der Waals surface area contributed by atoms with Crippen molar-refractivity contribution in [3.8, 4) is 0 Å². The van der Waals surface area contributed by atoms with E-state index in [-0.39, 0.29) is 0 Å². The number of hydrogen-bond donors (Lipinski definition) is 3. The van der Waals surface area contributed by atoms with Gasteiger partial charge in [-0.2, -0.15) is 0 Å². The van der Waals surface area contributed by atoms with Crippen LogP contribution < -0.4 is 5.32 Å². The van der Waals surface area contributed by atoms with Crippen LogP contribution in [0.3, 0.4) is 0 Å². The second-order valence-electron chi connectivity index (χ2n) is 6.84. The molecule has 1 heterocycles. The van der Waals surface area contributed by atoms with Gasteiger partial charge < -0.3 is 15.4 Å². The smallest absolute Gasteiger partial charge is 0.254 e. The number of benzene rings is 3. The van der Waals surface area contributed by atoms with Crippen molar-refractivity contribution in [2.45, 2.75) is 18.6 Å². The molecule has 0 fully saturated rings. The zero-order chi connectivity index (χ0) is 20.2. The maximum Gasteiger partial charge on any atom is 0.254 e. The van der Waals surface area contributed by atoms with Crippen LogP contribution in [0.1, 0.15) is 29.1 Å². The number of rotatable bonds is 6. The van der Waals surface area contributed by atoms with E-state index in [1.807, 2.05) is 54.6 Å². The number of fused-ring (bicyclic) bond motifs is 1. The summed E-state index contributed by atoms with van der Waals surface area (Å²) in [6, 6.07) is 22.1. The molecule has 0 spiro atoms. The maximum absolute atomic E-state index is 13.1. The van der Waals surface area contributed by atoms with Gasteiger partial charge >= 0.3 is 0 Å². The number of amides is 1. The van der Waals surface area contributed by atoms with Gasteiger partial charge in [0.2, 0.25) is 0 Å². The largest absolute Gasteiger partial charge is 0.378 e. The van der Waals surface area contributed by atoms with Crippen LogP contribution >= 0.6 is 0 Å². The Morgan fingerprint density at radius 2 is 1.69 bits per heavy atom. The number of aliphatic hydroxyl groups is 1. The number of halogens is 1. The minimum absolute atomic E-state index is 0.326. The first-order chi connectivity index (χ1) is 14.1. The predicted molar refractivity (Wildman–Crippen MR) is 108 cm³/mol. The first-order valence-electron chi connectivity index (χ1n) is 9.32. The molecule has 0 aliphatic rings. The molecule has 0 aliphatic heterocycles. The number of imidazole rings is 1. The molecule has 1 amide bonds. The maximum atomic E-state index is 13.1. The van der Waals surface area contributed by atoms with Crippen molar-refractivity contribution in [2.24, 2.45) is 0 Å². The van der Waals surface area contributed by atoms with Gasteiger partial charge in [0.25, 0.3) is 5.91 Å². The molecule has 0 radical (unpaired) electrons. The van der Waals surface area contributed by atoms with E-state index in [1.165, 1.54) is 24.3 Å². The average Bonchev–Trinajstić information content (AvgIpc) is 3.18. The molecule has 5 nitrogen and oxygen atoms in total. The SMILES string of the molecule is O=C(N[C@@H](Cc1ccccc1)c1nc2ccccc2[nH]1)[C@@H](O)c1ccc(F)cc1. The first-order valence-corrected chi connectivity index (χ1v) is 9.32. The fourth-order valence-electron chi connectivity index (χ4n) is 3.25. The zero-order valence-electron chi connectivity index (χ0n) is 15.5. The molecule has 3 N–H and O–H groups in total. The van der Waals surface area contributed by atoms with E-state index in [2.05, 4.69) is 15.3 Å². The number of H-pyrrole nitrogens is 1. The third-order valence-electron chi connectivity index (χ3n) is 4.77. The number of nitrogens with zero attached hydrogens (tertiary/aromatic N) is 1. The Bertz CT molecular complexity index is 1080. The molecule has 4 rings (SSSR count). The van der Waals surface area contributed by atoms with E-state index >= 15 is 0 Å². The third kappa shape index (κ3) is 4.33. The molecule has 146 valence electrons. The molecular formula is C23H20FN3O2. The highest BCUT2D eigenvalue weighted by atomic mass is 19.1. The fourth-order valence-corrected chi connectivity index (χ4v) is 3.25. The second-order valence-corrected chi connectivity index (χ2v) is 6.84. The summed E-state index contributed by atoms with van der Waals surface area (Å²) in [4.78, 5) is 20.6. The van der Waals surface area contributed by atoms with E-state index < -0.39 is 23.9 Å². The molecule has 0 unspecified atom stereocenters. The molecule has 0 bridgehead atoms. The summed E-state index contributed by atoms with van der Waals surface area (Å²) in [6.45, 7) is 0. The molecule has 4 aromatic rings. The van der Waals surface area contributed by atoms with Crippen LogP contribution in [0.2, 0.25) is 0 Å². The molecular weight excluding hydrogens is 369 g/mol. The molecule has 0 saturated heterocycles. The Hall–Kier alpha value is -3.51. The third-order valence-corrected chi connectivity index (χ3v) is 4.77. The van der Waals surface area contributed by atoms with Crippen molar-refractivity contribution >= 4 is 16.9 Å². The van der Waals surface area contributed by atoms with Crippen LogP contribution in [-0.2, 0) is 11.2 Å². The number of para-hydroxylation sites is 2. The van der Waals surface area contributed by atoms with Crippen molar-refractivity contribution in [1.29, 1.82) is 0 Å². The van der Waals surface area contributed by atoms with Gasteiger partial charge in [-0.15, -0.1) is 0 Å². The van der Waals surface area contributed by atoms with E-state index in [4.69, 9.17) is 0 Å². The number of carbonyl (C=O) groups is 1. The Morgan fingerprint density at radius 3 is 2.41 bits per heavy atom. The summed E-state index contributed by atoms with van der Waals surface area (Å²) >= 11 is 0. The van der Waals surface area contributed by atoms with Gasteiger partial charge in [-0.3, -0.25) is 4.79 Å². The summed E-state index contributed by atoms with van der Waals surface area (Å²) in [5.74, 6) is -0.390. The minimum atomic E-state index is -1.40. The van der Waals surface area contributed by atoms with E-state index in [1.54, 1.807) is 0 Å². The summed E-state index contributed by atoms with van der Waals surface area (Å²) in [5, 5.41) is 13.3. The number of aromatic amines is 1. The van der Waals surface area contributed by atoms with Crippen LogP contribution in [0, 0.1) is 5.82 Å². The van der Waals surface area contributed by atoms with Gasteiger partial charge in [0, 0.05) is 0 Å². The monoisotopic (exact) mass is 389 g/mol. The number of nitrogens with one attached hydrogen (secondary N) is 2. The van der Waals surface area contributed by atoms with Gasteiger partial charge in [0.05, 0.1) is 17.1 Å². The van der Waals surface area contributed by atoms with Gasteiger partial charge in [0.1, 0.15) is 11.6 Å². The van der Waals surface area contributed by atoms with Crippen LogP contribution in [0.4, 0.5) is 4.39 Å². The molecule has 1 aromatic heterocycles. The molecule has 6 heteroatoms. The predicted octanol–water partition coefficient (Wildman–Crippen LogP) is 3.84. The number of aliphatic hydroxyl groups excluding tert-OH is 1. The van der Waals surface area contributed by atoms with Gasteiger partial charge in [0.15, 0.2) is 6.10 Å². The topological polar surface area (TPSA) is 78.0 Å². The van der Waals surface area contributed by atoms with E-state index in [0.717, 1.165) is 16.6 Å². The normalized spacial score (nSPS) is 13.2. The highest BCUT2D eigenvalue weighted by molar-refractivity contribution is 5.82.